The summed E-state index contributed by atoms with van der Waals surface area (Å²) < 4.78 is 46.0. The molecule has 288 valence electrons. The molecule has 3 aliphatic rings. The summed E-state index contributed by atoms with van der Waals surface area (Å²) in [7, 11) is 0. The van der Waals surface area contributed by atoms with Gasteiger partial charge in [0.2, 0.25) is 0 Å². The molecular weight excluding hydrogens is 700 g/mol. The Morgan fingerprint density at radius 1 is 0.759 bits per heavy atom. The average molecular weight is 748 g/mol. The molecule has 2 atom stereocenters. The quantitative estimate of drug-likeness (QED) is 0.322. The largest absolute Gasteiger partial charge is 0.488 e. The molecule has 14 heteroatoms. The summed E-state index contributed by atoms with van der Waals surface area (Å²) in [6, 6.07) is 14.3. The van der Waals surface area contributed by atoms with E-state index in [0.717, 1.165) is 12.1 Å². The lowest BCUT2D eigenvalue weighted by atomic mass is 9.99. The van der Waals surface area contributed by atoms with Gasteiger partial charge < -0.3 is 39.1 Å². The van der Waals surface area contributed by atoms with Crippen molar-refractivity contribution in [2.24, 2.45) is 0 Å². The number of benzene rings is 3. The Kier molecular flexibility index (Phi) is 11.7. The maximum absolute atomic E-state index is 14.7. The first kappa shape index (κ1) is 38.5. The Morgan fingerprint density at radius 2 is 1.50 bits per heavy atom. The lowest BCUT2D eigenvalue weighted by Gasteiger charge is -2.41. The van der Waals surface area contributed by atoms with Gasteiger partial charge >= 0.3 is 12.2 Å². The topological polar surface area (TPSA) is 121 Å². The summed E-state index contributed by atoms with van der Waals surface area (Å²) in [5.74, 6) is -1.35. The van der Waals surface area contributed by atoms with Crippen molar-refractivity contribution < 1.29 is 42.2 Å². The molecule has 0 aliphatic carbocycles. The number of piperazine rings is 2. The van der Waals surface area contributed by atoms with E-state index in [-0.39, 0.29) is 49.0 Å². The smallest absolute Gasteiger partial charge is 0.415 e. The molecule has 3 aromatic rings. The van der Waals surface area contributed by atoms with E-state index >= 15 is 0 Å². The number of ether oxygens (including phenoxy) is 3. The Labute approximate surface area is 313 Å². The maximum atomic E-state index is 14.7. The number of hydrogen-bond acceptors (Lipinski definition) is 8. The minimum Gasteiger partial charge on any atom is -0.488 e. The second-order valence-corrected chi connectivity index (χ2v) is 14.8. The van der Waals surface area contributed by atoms with E-state index in [4.69, 9.17) is 14.2 Å². The summed E-state index contributed by atoms with van der Waals surface area (Å²) in [6.07, 6.45) is -0.199. The van der Waals surface area contributed by atoms with Crippen LogP contribution in [0.3, 0.4) is 0 Å². The third-order valence-corrected chi connectivity index (χ3v) is 9.67. The molecule has 12 nitrogen and oxygen atoms in total. The number of likely N-dealkylation sites (tertiary alicyclic amines) is 1. The number of rotatable bonds is 7. The molecule has 0 unspecified atom stereocenters. The van der Waals surface area contributed by atoms with Crippen LogP contribution in [0.5, 0.6) is 11.5 Å². The molecule has 3 aromatic carbocycles. The van der Waals surface area contributed by atoms with E-state index in [1.165, 1.54) is 23.1 Å². The van der Waals surface area contributed by atoms with Gasteiger partial charge in [-0.05, 0) is 75.2 Å². The van der Waals surface area contributed by atoms with Crippen molar-refractivity contribution in [1.29, 1.82) is 0 Å². The number of amides is 4. The van der Waals surface area contributed by atoms with Gasteiger partial charge in [-0.15, -0.1) is 0 Å². The van der Waals surface area contributed by atoms with Crippen LogP contribution in [0, 0.1) is 11.6 Å². The van der Waals surface area contributed by atoms with Gasteiger partial charge in [-0.25, -0.2) is 18.4 Å². The van der Waals surface area contributed by atoms with Crippen LogP contribution >= 0.6 is 0 Å². The number of carbonyl (C=O) groups is 4. The van der Waals surface area contributed by atoms with Crippen molar-refractivity contribution in [3.05, 3.63) is 83.4 Å². The van der Waals surface area contributed by atoms with Gasteiger partial charge in [0.05, 0.1) is 6.54 Å². The Hall–Kier alpha value is -5.24. The predicted octanol–water partition coefficient (Wildman–Crippen LogP) is 5.80. The van der Waals surface area contributed by atoms with E-state index in [1.54, 1.807) is 45.0 Å². The van der Waals surface area contributed by atoms with E-state index in [0.29, 0.717) is 74.6 Å². The Balaban J connectivity index is 1.15. The van der Waals surface area contributed by atoms with Crippen LogP contribution in [0.25, 0.3) is 11.1 Å². The molecule has 0 spiro atoms. The monoisotopic (exact) mass is 747 g/mol. The fraction of sp³-hybridized carbons (Fsp3) is 0.450. The number of nitrogens with zero attached hydrogens (tertiary/aromatic N) is 4. The molecule has 1 N–H and O–H groups in total. The molecule has 0 aromatic heterocycles. The third-order valence-electron chi connectivity index (χ3n) is 9.67. The average Bonchev–Trinajstić information content (AvgIpc) is 3.63. The molecule has 0 radical (unpaired) electrons. The van der Waals surface area contributed by atoms with Gasteiger partial charge in [0, 0.05) is 87.6 Å². The molecule has 0 saturated carbocycles. The molecule has 54 heavy (non-hydrogen) atoms. The van der Waals surface area contributed by atoms with Crippen LogP contribution in [0.1, 0.15) is 61.3 Å². The molecule has 0 bridgehead atoms. The third kappa shape index (κ3) is 9.27. The summed E-state index contributed by atoms with van der Waals surface area (Å²) in [6.45, 7) is 11.0. The minimum atomic E-state index is -0.706. The highest BCUT2D eigenvalue weighted by molar-refractivity contribution is 5.97. The highest BCUT2D eigenvalue weighted by Crippen LogP contribution is 2.34. The zero-order valence-corrected chi connectivity index (χ0v) is 31.1. The highest BCUT2D eigenvalue weighted by atomic mass is 19.1. The van der Waals surface area contributed by atoms with E-state index in [1.807, 2.05) is 27.7 Å². The van der Waals surface area contributed by atoms with Crippen molar-refractivity contribution in [2.75, 3.05) is 58.9 Å². The molecule has 4 amide bonds. The second-order valence-electron chi connectivity index (χ2n) is 14.8. The van der Waals surface area contributed by atoms with Crippen LogP contribution in [0.15, 0.2) is 60.7 Å². The van der Waals surface area contributed by atoms with Gasteiger partial charge in [0.15, 0.2) is 0 Å². The van der Waals surface area contributed by atoms with Gasteiger partial charge in [0.1, 0.15) is 34.8 Å². The summed E-state index contributed by atoms with van der Waals surface area (Å²) in [5.41, 5.74) is 1.06. The van der Waals surface area contributed by atoms with Gasteiger partial charge in [-0.2, -0.15) is 0 Å². The summed E-state index contributed by atoms with van der Waals surface area (Å²) >= 11 is 0. The predicted molar refractivity (Wildman–Crippen MR) is 197 cm³/mol. The molecule has 3 fully saturated rings. The molecule has 3 heterocycles. The normalized spacial score (nSPS) is 19.1. The number of hydrogen-bond donors (Lipinski definition) is 1. The maximum Gasteiger partial charge on any atom is 0.415 e. The number of carbonyl (C=O) groups excluding carboxylic acids is 4. The SMILES string of the molecule is CC[C@H]1CN(C(=O)c2cc(F)cc(OC(=O)N3CCNCC3)c2)CCN1C(=O)c1ccc(O[C@H]2CCN(C(=O)OC(C)(C)C)C2)c(-c2ccc(F)cc2)c1. The van der Waals surface area contributed by atoms with E-state index in [2.05, 4.69) is 5.32 Å². The van der Waals surface area contributed by atoms with Gasteiger partial charge in [0.25, 0.3) is 11.8 Å². The first-order chi connectivity index (χ1) is 25.8. The summed E-state index contributed by atoms with van der Waals surface area (Å²) in [5, 5.41) is 3.15. The molecule has 6 rings (SSSR count). The van der Waals surface area contributed by atoms with Crippen molar-refractivity contribution in [3.8, 4) is 22.6 Å². The first-order valence-electron chi connectivity index (χ1n) is 18.4. The van der Waals surface area contributed by atoms with Gasteiger partial charge in [-0.3, -0.25) is 9.59 Å². The van der Waals surface area contributed by atoms with Gasteiger partial charge in [-0.1, -0.05) is 19.1 Å². The van der Waals surface area contributed by atoms with Crippen LogP contribution < -0.4 is 14.8 Å². The van der Waals surface area contributed by atoms with Crippen molar-refractivity contribution in [3.63, 3.8) is 0 Å². The van der Waals surface area contributed by atoms with E-state index in [9.17, 15) is 28.0 Å². The molecule has 3 saturated heterocycles. The van der Waals surface area contributed by atoms with Crippen LogP contribution in [0.4, 0.5) is 18.4 Å². The fourth-order valence-corrected chi connectivity index (χ4v) is 6.88. The van der Waals surface area contributed by atoms with Crippen LogP contribution in [0.2, 0.25) is 0 Å². The zero-order valence-electron chi connectivity index (χ0n) is 31.1. The Bertz CT molecular complexity index is 1860. The second kappa shape index (κ2) is 16.4. The minimum absolute atomic E-state index is 0.0451. The van der Waals surface area contributed by atoms with Crippen molar-refractivity contribution in [2.45, 2.75) is 58.3 Å². The number of nitrogens with one attached hydrogen (secondary N) is 1. The van der Waals surface area contributed by atoms with Crippen molar-refractivity contribution >= 4 is 24.0 Å². The standard InChI is InChI=1S/C40H47F2N5O7/c1-5-31-24-45(36(48)28-20-30(42)23-33(21-28)53-38(50)44-16-13-43-14-17-44)18-19-47(31)37(49)27-8-11-35(34(22-27)26-6-9-29(41)10-7-26)52-32-12-15-46(25-32)39(51)54-40(2,3)4/h6-11,20-23,31-32,43H,5,12-19,24-25H2,1-4H3/t31-,32-/m0/s1. The Morgan fingerprint density at radius 3 is 2.20 bits per heavy atom. The van der Waals surface area contributed by atoms with Crippen molar-refractivity contribution in [1.82, 2.24) is 24.9 Å². The fourth-order valence-electron chi connectivity index (χ4n) is 6.88. The summed E-state index contributed by atoms with van der Waals surface area (Å²) in [4.78, 5) is 59.5. The highest BCUT2D eigenvalue weighted by Gasteiger charge is 2.34. The number of halogens is 2. The molecule has 3 aliphatic heterocycles. The van der Waals surface area contributed by atoms with E-state index < -0.39 is 35.3 Å². The molecular formula is C40H47F2N5O7. The van der Waals surface area contributed by atoms with Crippen LogP contribution in [-0.4, -0.2) is 120 Å². The zero-order chi connectivity index (χ0) is 38.6. The lowest BCUT2D eigenvalue weighted by molar-refractivity contribution is 0.0275. The van der Waals surface area contributed by atoms with Crippen LogP contribution in [-0.2, 0) is 4.74 Å². The lowest BCUT2D eigenvalue weighted by Crippen LogP contribution is -2.56. The first-order valence-corrected chi connectivity index (χ1v) is 18.4.